The molecular formula is C10H19NO2. The number of rotatable bonds is 2. The molecule has 1 N–H and O–H groups in total. The van der Waals surface area contributed by atoms with Crippen LogP contribution in [0, 0.1) is 5.92 Å². The van der Waals surface area contributed by atoms with Crippen molar-refractivity contribution in [2.24, 2.45) is 5.92 Å². The summed E-state index contributed by atoms with van der Waals surface area (Å²) in [6.07, 6.45) is 5.19. The Bertz CT molecular complexity index is 157. The monoisotopic (exact) mass is 185 g/mol. The lowest BCUT2D eigenvalue weighted by atomic mass is 9.86. The Morgan fingerprint density at radius 3 is 2.46 bits per heavy atom. The Balaban J connectivity index is 1.78. The quantitative estimate of drug-likeness (QED) is 0.707. The molecule has 2 rings (SSSR count). The maximum Gasteiger partial charge on any atom is 0.216 e. The van der Waals surface area contributed by atoms with Gasteiger partial charge in [-0.1, -0.05) is 19.8 Å². The van der Waals surface area contributed by atoms with Crippen LogP contribution in [0.5, 0.6) is 0 Å². The third-order valence-corrected chi connectivity index (χ3v) is 3.08. The zero-order valence-corrected chi connectivity index (χ0v) is 8.29. The predicted octanol–water partition coefficient (Wildman–Crippen LogP) is 1.49. The van der Waals surface area contributed by atoms with Gasteiger partial charge in [-0.15, -0.1) is 0 Å². The Hall–Kier alpha value is -0.120. The normalized spacial score (nSPS) is 36.7. The maximum atomic E-state index is 5.37. The van der Waals surface area contributed by atoms with E-state index in [9.17, 15) is 0 Å². The minimum Gasteiger partial charge on any atom is -0.337 e. The zero-order chi connectivity index (χ0) is 9.10. The van der Waals surface area contributed by atoms with Gasteiger partial charge >= 0.3 is 0 Å². The van der Waals surface area contributed by atoms with Gasteiger partial charge in [-0.05, 0) is 18.8 Å². The number of nitrogens with one attached hydrogen (secondary N) is 1. The van der Waals surface area contributed by atoms with Gasteiger partial charge in [0.1, 0.15) is 0 Å². The van der Waals surface area contributed by atoms with Crippen LogP contribution in [0.1, 0.15) is 32.6 Å². The molecule has 0 bridgehead atoms. The molecule has 1 aliphatic carbocycles. The molecule has 76 valence electrons. The van der Waals surface area contributed by atoms with E-state index in [0.717, 1.165) is 19.1 Å². The summed E-state index contributed by atoms with van der Waals surface area (Å²) in [6.45, 7) is 3.78. The highest BCUT2D eigenvalue weighted by molar-refractivity contribution is 4.78. The fourth-order valence-corrected chi connectivity index (χ4v) is 2.19. The standard InChI is InChI=1S/C10H19NO2/c1-8-4-2-3-5-9(8)11-10-12-6-7-13-10/h8-11H,2-7H2,1H3. The lowest BCUT2D eigenvalue weighted by Crippen LogP contribution is -2.44. The van der Waals surface area contributed by atoms with Crippen LogP contribution in [-0.2, 0) is 9.47 Å². The van der Waals surface area contributed by atoms with Gasteiger partial charge in [0, 0.05) is 6.04 Å². The fraction of sp³-hybridized carbons (Fsp3) is 1.00. The van der Waals surface area contributed by atoms with Crippen molar-refractivity contribution in [1.29, 1.82) is 0 Å². The second-order valence-electron chi connectivity index (χ2n) is 4.11. The number of hydrogen-bond acceptors (Lipinski definition) is 3. The zero-order valence-electron chi connectivity index (χ0n) is 8.29. The molecule has 0 radical (unpaired) electrons. The van der Waals surface area contributed by atoms with Gasteiger partial charge in [-0.25, -0.2) is 0 Å². The van der Waals surface area contributed by atoms with E-state index < -0.39 is 0 Å². The minimum atomic E-state index is -0.134. The first kappa shape index (κ1) is 9.44. The molecule has 2 atom stereocenters. The average molecular weight is 185 g/mol. The molecule has 0 amide bonds. The first-order valence-corrected chi connectivity index (χ1v) is 5.35. The highest BCUT2D eigenvalue weighted by Crippen LogP contribution is 2.24. The van der Waals surface area contributed by atoms with Crippen molar-refractivity contribution in [3.63, 3.8) is 0 Å². The summed E-state index contributed by atoms with van der Waals surface area (Å²) >= 11 is 0. The molecule has 0 aromatic heterocycles. The molecule has 0 spiro atoms. The molecule has 3 heteroatoms. The molecule has 2 unspecified atom stereocenters. The van der Waals surface area contributed by atoms with Gasteiger partial charge in [0.15, 0.2) is 0 Å². The molecule has 1 saturated heterocycles. The summed E-state index contributed by atoms with van der Waals surface area (Å²) in [5, 5.41) is 3.42. The third-order valence-electron chi connectivity index (χ3n) is 3.08. The molecule has 3 nitrogen and oxygen atoms in total. The Morgan fingerprint density at radius 2 is 1.77 bits per heavy atom. The second-order valence-corrected chi connectivity index (χ2v) is 4.11. The summed E-state index contributed by atoms with van der Waals surface area (Å²) in [7, 11) is 0. The van der Waals surface area contributed by atoms with Crippen LogP contribution in [0.2, 0.25) is 0 Å². The molecule has 13 heavy (non-hydrogen) atoms. The van der Waals surface area contributed by atoms with Gasteiger partial charge in [0.25, 0.3) is 0 Å². The van der Waals surface area contributed by atoms with Crippen LogP contribution < -0.4 is 5.32 Å². The molecule has 0 aromatic carbocycles. The van der Waals surface area contributed by atoms with E-state index in [1.165, 1.54) is 25.7 Å². The topological polar surface area (TPSA) is 30.5 Å². The van der Waals surface area contributed by atoms with Crippen LogP contribution in [0.4, 0.5) is 0 Å². The van der Waals surface area contributed by atoms with Crippen molar-refractivity contribution >= 4 is 0 Å². The average Bonchev–Trinajstić information content (AvgIpc) is 2.61. The predicted molar refractivity (Wildman–Crippen MR) is 50.2 cm³/mol. The van der Waals surface area contributed by atoms with Crippen LogP contribution in [0.15, 0.2) is 0 Å². The van der Waals surface area contributed by atoms with Gasteiger partial charge < -0.3 is 9.47 Å². The van der Waals surface area contributed by atoms with Crippen LogP contribution >= 0.6 is 0 Å². The maximum absolute atomic E-state index is 5.37. The summed E-state index contributed by atoms with van der Waals surface area (Å²) in [4.78, 5) is 0. The molecule has 0 aromatic rings. The first-order chi connectivity index (χ1) is 6.36. The summed E-state index contributed by atoms with van der Waals surface area (Å²) in [5.41, 5.74) is 0. The molecule has 2 fully saturated rings. The van der Waals surface area contributed by atoms with Crippen LogP contribution in [0.3, 0.4) is 0 Å². The van der Waals surface area contributed by atoms with E-state index in [-0.39, 0.29) is 6.41 Å². The number of hydrogen-bond donors (Lipinski definition) is 1. The van der Waals surface area contributed by atoms with Crippen molar-refractivity contribution in [2.45, 2.75) is 45.1 Å². The summed E-state index contributed by atoms with van der Waals surface area (Å²) in [6, 6.07) is 0.594. The van der Waals surface area contributed by atoms with E-state index in [1.54, 1.807) is 0 Å². The van der Waals surface area contributed by atoms with E-state index in [4.69, 9.17) is 9.47 Å². The molecule has 1 heterocycles. The summed E-state index contributed by atoms with van der Waals surface area (Å²) < 4.78 is 10.7. The van der Waals surface area contributed by atoms with E-state index in [1.807, 2.05) is 0 Å². The van der Waals surface area contributed by atoms with E-state index in [2.05, 4.69) is 12.2 Å². The van der Waals surface area contributed by atoms with Gasteiger partial charge in [-0.2, -0.15) is 0 Å². The largest absolute Gasteiger partial charge is 0.337 e. The van der Waals surface area contributed by atoms with Crippen molar-refractivity contribution in [1.82, 2.24) is 5.32 Å². The van der Waals surface area contributed by atoms with Crippen molar-refractivity contribution < 1.29 is 9.47 Å². The second kappa shape index (κ2) is 4.40. The molecular weight excluding hydrogens is 166 g/mol. The van der Waals surface area contributed by atoms with Crippen molar-refractivity contribution in [3.05, 3.63) is 0 Å². The SMILES string of the molecule is CC1CCCCC1NC1OCCO1. The van der Waals surface area contributed by atoms with Gasteiger partial charge in [-0.3, -0.25) is 5.32 Å². The summed E-state index contributed by atoms with van der Waals surface area (Å²) in [5.74, 6) is 0.765. The molecule has 1 saturated carbocycles. The molecule has 2 aliphatic rings. The third kappa shape index (κ3) is 2.42. The van der Waals surface area contributed by atoms with Gasteiger partial charge in [0.2, 0.25) is 6.41 Å². The Labute approximate surface area is 79.8 Å². The lowest BCUT2D eigenvalue weighted by Gasteiger charge is -2.31. The Kier molecular flexibility index (Phi) is 3.19. The van der Waals surface area contributed by atoms with Crippen LogP contribution in [-0.4, -0.2) is 25.7 Å². The first-order valence-electron chi connectivity index (χ1n) is 5.35. The minimum absolute atomic E-state index is 0.134. The molecule has 1 aliphatic heterocycles. The lowest BCUT2D eigenvalue weighted by molar-refractivity contribution is -0.0798. The van der Waals surface area contributed by atoms with Crippen molar-refractivity contribution in [3.8, 4) is 0 Å². The van der Waals surface area contributed by atoms with Crippen molar-refractivity contribution in [2.75, 3.05) is 13.2 Å². The van der Waals surface area contributed by atoms with Crippen LogP contribution in [0.25, 0.3) is 0 Å². The number of ether oxygens (including phenoxy) is 2. The van der Waals surface area contributed by atoms with E-state index >= 15 is 0 Å². The smallest absolute Gasteiger partial charge is 0.216 e. The van der Waals surface area contributed by atoms with E-state index in [0.29, 0.717) is 6.04 Å². The highest BCUT2D eigenvalue weighted by atomic mass is 16.7. The Morgan fingerprint density at radius 1 is 1.08 bits per heavy atom. The fourth-order valence-electron chi connectivity index (χ4n) is 2.19. The highest BCUT2D eigenvalue weighted by Gasteiger charge is 2.25. The van der Waals surface area contributed by atoms with Gasteiger partial charge in [0.05, 0.1) is 13.2 Å².